The first-order valence-corrected chi connectivity index (χ1v) is 13.2. The number of fused-ring (bicyclic) bond motifs is 10. The van der Waals surface area contributed by atoms with Crippen LogP contribution in [0.25, 0.3) is 44.2 Å². The second-order valence-corrected chi connectivity index (χ2v) is 10.9. The molecular weight excluding hydrogens is 448 g/mol. The Hall–Kier alpha value is -4.30. The van der Waals surface area contributed by atoms with E-state index in [2.05, 4.69) is 111 Å². The molecule has 6 aromatic rings. The molecule has 8 rings (SSSR count). The maximum atomic E-state index is 5.44. The molecule has 0 aliphatic heterocycles. The molecule has 0 radical (unpaired) electrons. The van der Waals surface area contributed by atoms with Gasteiger partial charge in [-0.05, 0) is 75.5 Å². The van der Waals surface area contributed by atoms with Crippen molar-refractivity contribution in [3.05, 3.63) is 131 Å². The van der Waals surface area contributed by atoms with E-state index in [1.54, 1.807) is 0 Å². The molecule has 0 bridgehead atoms. The van der Waals surface area contributed by atoms with Crippen molar-refractivity contribution in [1.29, 1.82) is 0 Å². The first-order valence-electron chi connectivity index (χ1n) is 13.2. The van der Waals surface area contributed by atoms with E-state index in [-0.39, 0.29) is 0 Å². The SMILES string of the molecule is CC(C)Cc1cccc2nc3c(cc12)C1(c2ccccc2-c2ccccc21)c1cccc2nccc-3c12. The minimum absolute atomic E-state index is 0.440. The summed E-state index contributed by atoms with van der Waals surface area (Å²) in [5, 5.41) is 2.48. The van der Waals surface area contributed by atoms with Crippen molar-refractivity contribution >= 4 is 21.8 Å². The van der Waals surface area contributed by atoms with Crippen LogP contribution < -0.4 is 0 Å². The molecule has 1 spiro atoms. The minimum atomic E-state index is -0.440. The lowest BCUT2D eigenvalue weighted by atomic mass is 9.62. The molecule has 0 amide bonds. The Kier molecular flexibility index (Phi) is 4.15. The highest BCUT2D eigenvalue weighted by atomic mass is 14.7. The molecule has 176 valence electrons. The Labute approximate surface area is 216 Å². The van der Waals surface area contributed by atoms with Crippen molar-refractivity contribution in [1.82, 2.24) is 9.97 Å². The first-order chi connectivity index (χ1) is 18.2. The number of hydrogen-bond acceptors (Lipinski definition) is 2. The lowest BCUT2D eigenvalue weighted by Gasteiger charge is -2.39. The predicted octanol–water partition coefficient (Wildman–Crippen LogP) is 8.33. The maximum Gasteiger partial charge on any atom is 0.0765 e. The zero-order valence-electron chi connectivity index (χ0n) is 21.0. The van der Waals surface area contributed by atoms with Gasteiger partial charge < -0.3 is 0 Å². The fourth-order valence-corrected chi connectivity index (χ4v) is 7.04. The quantitative estimate of drug-likeness (QED) is 0.252. The summed E-state index contributed by atoms with van der Waals surface area (Å²) in [5.41, 5.74) is 13.2. The van der Waals surface area contributed by atoms with Gasteiger partial charge in [0.25, 0.3) is 0 Å². The maximum absolute atomic E-state index is 5.44. The van der Waals surface area contributed by atoms with Crippen LogP contribution in [0.1, 0.15) is 41.7 Å². The Bertz CT molecular complexity index is 1850. The van der Waals surface area contributed by atoms with E-state index in [4.69, 9.17) is 9.97 Å². The van der Waals surface area contributed by atoms with Crippen molar-refractivity contribution in [2.75, 3.05) is 0 Å². The summed E-state index contributed by atoms with van der Waals surface area (Å²) < 4.78 is 0. The molecule has 2 aliphatic carbocycles. The van der Waals surface area contributed by atoms with Crippen molar-refractivity contribution < 1.29 is 0 Å². The predicted molar refractivity (Wildman–Crippen MR) is 152 cm³/mol. The molecule has 2 nitrogen and oxygen atoms in total. The van der Waals surface area contributed by atoms with Crippen LogP contribution in [-0.4, -0.2) is 9.97 Å². The largest absolute Gasteiger partial charge is 0.256 e. The van der Waals surface area contributed by atoms with Crippen LogP contribution in [0.15, 0.2) is 103 Å². The highest BCUT2D eigenvalue weighted by Crippen LogP contribution is 2.61. The molecule has 0 saturated carbocycles. The van der Waals surface area contributed by atoms with Crippen LogP contribution in [0, 0.1) is 5.92 Å². The van der Waals surface area contributed by atoms with Crippen LogP contribution in [0.5, 0.6) is 0 Å². The summed E-state index contributed by atoms with van der Waals surface area (Å²) in [6.07, 6.45) is 2.97. The zero-order chi connectivity index (χ0) is 24.7. The molecule has 0 unspecified atom stereocenters. The number of hydrogen-bond donors (Lipinski definition) is 0. The smallest absolute Gasteiger partial charge is 0.0765 e. The van der Waals surface area contributed by atoms with Gasteiger partial charge in [0, 0.05) is 22.5 Å². The molecule has 0 saturated heterocycles. The molecule has 2 aromatic heterocycles. The van der Waals surface area contributed by atoms with Gasteiger partial charge in [-0.25, -0.2) is 4.98 Å². The number of benzene rings is 4. The normalized spacial score (nSPS) is 14.2. The average Bonchev–Trinajstić information content (AvgIpc) is 3.22. The number of aromatic nitrogens is 2. The molecule has 2 heterocycles. The third kappa shape index (κ3) is 2.60. The van der Waals surface area contributed by atoms with Crippen LogP contribution in [0.3, 0.4) is 0 Å². The summed E-state index contributed by atoms with van der Waals surface area (Å²) >= 11 is 0. The van der Waals surface area contributed by atoms with E-state index >= 15 is 0 Å². The molecule has 37 heavy (non-hydrogen) atoms. The average molecular weight is 475 g/mol. The fourth-order valence-electron chi connectivity index (χ4n) is 7.04. The summed E-state index contributed by atoms with van der Waals surface area (Å²) in [7, 11) is 0. The molecule has 2 aliphatic rings. The number of nitrogens with zero attached hydrogens (tertiary/aromatic N) is 2. The van der Waals surface area contributed by atoms with Gasteiger partial charge in [0.1, 0.15) is 0 Å². The molecule has 0 fully saturated rings. The van der Waals surface area contributed by atoms with Gasteiger partial charge in [-0.1, -0.05) is 86.6 Å². The van der Waals surface area contributed by atoms with E-state index in [9.17, 15) is 0 Å². The molecule has 0 N–H and O–H groups in total. The van der Waals surface area contributed by atoms with Gasteiger partial charge in [-0.3, -0.25) is 4.98 Å². The van der Waals surface area contributed by atoms with Gasteiger partial charge in [-0.2, -0.15) is 0 Å². The number of pyridine rings is 2. The third-order valence-electron chi connectivity index (χ3n) is 8.36. The first kappa shape index (κ1) is 20.8. The van der Waals surface area contributed by atoms with Gasteiger partial charge in [0.15, 0.2) is 0 Å². The summed E-state index contributed by atoms with van der Waals surface area (Å²) in [6.45, 7) is 4.58. The lowest BCUT2D eigenvalue weighted by Crippen LogP contribution is -2.32. The second-order valence-electron chi connectivity index (χ2n) is 10.9. The monoisotopic (exact) mass is 474 g/mol. The van der Waals surface area contributed by atoms with Crippen LogP contribution >= 0.6 is 0 Å². The highest BCUT2D eigenvalue weighted by Gasteiger charge is 2.50. The Morgan fingerprint density at radius 2 is 1.32 bits per heavy atom. The lowest BCUT2D eigenvalue weighted by molar-refractivity contribution is 0.650. The summed E-state index contributed by atoms with van der Waals surface area (Å²) in [6, 6.07) is 35.7. The van der Waals surface area contributed by atoms with E-state index in [1.807, 2.05) is 6.20 Å². The van der Waals surface area contributed by atoms with Gasteiger partial charge in [-0.15, -0.1) is 0 Å². The highest BCUT2D eigenvalue weighted by molar-refractivity contribution is 6.06. The van der Waals surface area contributed by atoms with Crippen LogP contribution in [0.4, 0.5) is 0 Å². The minimum Gasteiger partial charge on any atom is -0.256 e. The summed E-state index contributed by atoms with van der Waals surface area (Å²) in [4.78, 5) is 10.2. The van der Waals surface area contributed by atoms with E-state index < -0.39 is 5.41 Å². The number of rotatable bonds is 2. The third-order valence-corrected chi connectivity index (χ3v) is 8.36. The second kappa shape index (κ2) is 7.36. The fraction of sp³-hybridized carbons (Fsp3) is 0.143. The van der Waals surface area contributed by atoms with Crippen LogP contribution in [0.2, 0.25) is 0 Å². The van der Waals surface area contributed by atoms with E-state index in [0.29, 0.717) is 5.92 Å². The summed E-state index contributed by atoms with van der Waals surface area (Å²) in [5.74, 6) is 0.573. The molecule has 0 atom stereocenters. The van der Waals surface area contributed by atoms with Crippen LogP contribution in [-0.2, 0) is 11.8 Å². The zero-order valence-corrected chi connectivity index (χ0v) is 21.0. The Morgan fingerprint density at radius 3 is 2.08 bits per heavy atom. The van der Waals surface area contributed by atoms with Crippen molar-refractivity contribution in [3.8, 4) is 22.4 Å². The topological polar surface area (TPSA) is 25.8 Å². The Morgan fingerprint density at radius 1 is 0.649 bits per heavy atom. The molecular formula is C35H26N2. The van der Waals surface area contributed by atoms with Gasteiger partial charge in [0.05, 0.1) is 22.1 Å². The standard InChI is InChI=1S/C35H26N2/c1-21(2)19-22-9-7-15-31-26(22)20-30-34(37-31)25-17-18-36-32-16-8-14-29(33(25)32)35(30)27-12-5-3-10-23(27)24-11-4-6-13-28(24)35/h3-18,20-21H,19H2,1-2H3. The van der Waals surface area contributed by atoms with Gasteiger partial charge in [0.2, 0.25) is 0 Å². The molecule has 2 heteroatoms. The van der Waals surface area contributed by atoms with Crippen molar-refractivity contribution in [2.24, 2.45) is 5.92 Å². The van der Waals surface area contributed by atoms with Crippen molar-refractivity contribution in [2.45, 2.75) is 25.7 Å². The van der Waals surface area contributed by atoms with E-state index in [1.165, 1.54) is 55.3 Å². The molecule has 4 aromatic carbocycles. The van der Waals surface area contributed by atoms with E-state index in [0.717, 1.165) is 23.1 Å². The van der Waals surface area contributed by atoms with Crippen molar-refractivity contribution in [3.63, 3.8) is 0 Å². The van der Waals surface area contributed by atoms with Gasteiger partial charge >= 0.3 is 0 Å². The Balaban J connectivity index is 1.62.